The molecule has 0 radical (unpaired) electrons. The molecule has 1 nitrogen and oxygen atoms in total. The van der Waals surface area contributed by atoms with Gasteiger partial charge in [0.2, 0.25) is 5.69 Å². The van der Waals surface area contributed by atoms with Crippen LogP contribution in [0.2, 0.25) is 0 Å². The standard InChI is InChI=1S/C31H36N/c1-7-18-30-22(6)31(30,21(4)5)27-16-11-10-15-26(27)28-20-25(17-19-32(28)30)29-23(8-2)13-12-14-24(29)9-3/h10-17,19-20,22H,4,7-9,18H2,1-3,5-6H3/q+1. The molecule has 1 aliphatic heterocycles. The van der Waals surface area contributed by atoms with Crippen LogP contribution in [0.4, 0.5) is 0 Å². The van der Waals surface area contributed by atoms with E-state index >= 15 is 0 Å². The van der Waals surface area contributed by atoms with E-state index in [1.807, 2.05) is 0 Å². The van der Waals surface area contributed by atoms with E-state index in [1.165, 1.54) is 57.5 Å². The Labute approximate surface area is 193 Å². The van der Waals surface area contributed by atoms with Gasteiger partial charge in [-0.2, -0.15) is 4.57 Å². The van der Waals surface area contributed by atoms with Gasteiger partial charge in [0.05, 0.1) is 11.0 Å². The number of nitrogens with zero attached hydrogens (tertiary/aromatic N) is 1. The summed E-state index contributed by atoms with van der Waals surface area (Å²) in [7, 11) is 0. The van der Waals surface area contributed by atoms with Crippen molar-refractivity contribution in [1.82, 2.24) is 0 Å². The molecule has 1 saturated carbocycles. The molecule has 1 heteroatoms. The first-order valence-corrected chi connectivity index (χ1v) is 12.4. The van der Waals surface area contributed by atoms with Gasteiger partial charge < -0.3 is 0 Å². The van der Waals surface area contributed by atoms with Crippen LogP contribution in [-0.4, -0.2) is 0 Å². The van der Waals surface area contributed by atoms with Crippen molar-refractivity contribution in [2.75, 3.05) is 0 Å². The summed E-state index contributed by atoms with van der Waals surface area (Å²) in [6, 6.07) is 20.7. The Kier molecular flexibility index (Phi) is 4.93. The topological polar surface area (TPSA) is 3.88 Å². The third-order valence-corrected chi connectivity index (χ3v) is 8.57. The van der Waals surface area contributed by atoms with Crippen LogP contribution in [0.3, 0.4) is 0 Å². The highest BCUT2D eigenvalue weighted by atomic mass is 15.2. The summed E-state index contributed by atoms with van der Waals surface area (Å²) in [6.07, 6.45) is 6.86. The van der Waals surface area contributed by atoms with Crippen molar-refractivity contribution in [2.24, 2.45) is 5.92 Å². The molecule has 2 heterocycles. The van der Waals surface area contributed by atoms with Gasteiger partial charge in [0.15, 0.2) is 11.7 Å². The molecular formula is C31H36N+. The third-order valence-electron chi connectivity index (χ3n) is 8.57. The number of pyridine rings is 1. The third kappa shape index (κ3) is 2.43. The van der Waals surface area contributed by atoms with Crippen molar-refractivity contribution in [3.63, 3.8) is 0 Å². The summed E-state index contributed by atoms with van der Waals surface area (Å²) in [5.74, 6) is 0.542. The second-order valence-corrected chi connectivity index (χ2v) is 9.86. The number of hydrogen-bond acceptors (Lipinski definition) is 0. The van der Waals surface area contributed by atoms with Gasteiger partial charge in [0.1, 0.15) is 0 Å². The number of aromatic nitrogens is 1. The average Bonchev–Trinajstić information content (AvgIpc) is 3.38. The second-order valence-electron chi connectivity index (χ2n) is 9.86. The molecule has 3 atom stereocenters. The summed E-state index contributed by atoms with van der Waals surface area (Å²) >= 11 is 0. The Morgan fingerprint density at radius 2 is 1.66 bits per heavy atom. The number of aryl methyl sites for hydroxylation is 2. The molecule has 0 N–H and O–H groups in total. The molecule has 3 aromatic rings. The van der Waals surface area contributed by atoms with E-state index in [1.54, 1.807) is 0 Å². The lowest BCUT2D eigenvalue weighted by atomic mass is 9.76. The summed E-state index contributed by atoms with van der Waals surface area (Å²) in [5, 5.41) is 0. The fraction of sp³-hybridized carbons (Fsp3) is 0.387. The molecule has 1 aliphatic carbocycles. The molecule has 5 rings (SSSR count). The van der Waals surface area contributed by atoms with Gasteiger partial charge in [-0.3, -0.25) is 0 Å². The quantitative estimate of drug-likeness (QED) is 0.288. The zero-order valence-corrected chi connectivity index (χ0v) is 20.3. The summed E-state index contributed by atoms with van der Waals surface area (Å²) in [4.78, 5) is 0. The van der Waals surface area contributed by atoms with Crippen molar-refractivity contribution >= 4 is 0 Å². The van der Waals surface area contributed by atoms with Crippen LogP contribution < -0.4 is 4.57 Å². The van der Waals surface area contributed by atoms with E-state index in [2.05, 4.69) is 107 Å². The smallest absolute Gasteiger partial charge is 0.191 e. The maximum absolute atomic E-state index is 4.54. The average molecular weight is 423 g/mol. The lowest BCUT2D eigenvalue weighted by Crippen LogP contribution is -2.55. The highest BCUT2D eigenvalue weighted by Crippen LogP contribution is 2.73. The monoisotopic (exact) mass is 422 g/mol. The van der Waals surface area contributed by atoms with Gasteiger partial charge >= 0.3 is 0 Å². The van der Waals surface area contributed by atoms with Crippen LogP contribution >= 0.6 is 0 Å². The van der Waals surface area contributed by atoms with Crippen LogP contribution in [0.1, 0.15) is 64.2 Å². The van der Waals surface area contributed by atoms with Gasteiger partial charge in [0.25, 0.3) is 0 Å². The molecule has 164 valence electrons. The minimum Gasteiger partial charge on any atom is -0.191 e. The maximum atomic E-state index is 4.54. The van der Waals surface area contributed by atoms with E-state index < -0.39 is 0 Å². The Balaban J connectivity index is 1.81. The van der Waals surface area contributed by atoms with Crippen LogP contribution in [0.15, 0.2) is 72.9 Å². The van der Waals surface area contributed by atoms with Gasteiger partial charge in [0, 0.05) is 24.5 Å². The Morgan fingerprint density at radius 1 is 0.969 bits per heavy atom. The van der Waals surface area contributed by atoms with Crippen molar-refractivity contribution in [2.45, 2.75) is 71.3 Å². The van der Waals surface area contributed by atoms with E-state index in [4.69, 9.17) is 0 Å². The van der Waals surface area contributed by atoms with Crippen molar-refractivity contribution in [3.8, 4) is 22.4 Å². The maximum Gasteiger partial charge on any atom is 0.213 e. The molecule has 0 bridgehead atoms. The SMILES string of the molecule is C=C(C)C12c3ccccc3-c3cc(-c4c(CC)cccc4CC)cc[n+]3C1(CCC)C2C. The number of hydrogen-bond donors (Lipinski definition) is 0. The zero-order chi connectivity index (χ0) is 22.7. The first kappa shape index (κ1) is 21.2. The van der Waals surface area contributed by atoms with Gasteiger partial charge in [-0.1, -0.05) is 76.2 Å². The number of rotatable bonds is 6. The van der Waals surface area contributed by atoms with E-state index in [0.29, 0.717) is 5.92 Å². The Bertz CT molecular complexity index is 1200. The van der Waals surface area contributed by atoms with Crippen LogP contribution in [0.25, 0.3) is 22.4 Å². The fourth-order valence-corrected chi connectivity index (χ4v) is 7.34. The highest BCUT2D eigenvalue weighted by molar-refractivity contribution is 5.77. The molecule has 2 aliphatic rings. The number of benzene rings is 2. The number of fused-ring (bicyclic) bond motifs is 6. The van der Waals surface area contributed by atoms with Crippen molar-refractivity contribution < 1.29 is 4.57 Å². The predicted molar refractivity (Wildman–Crippen MR) is 135 cm³/mol. The minimum absolute atomic E-state index is 0.0364. The normalized spacial score (nSPS) is 25.0. The number of allylic oxidation sites excluding steroid dienone is 1. The summed E-state index contributed by atoms with van der Waals surface area (Å²) in [5.41, 5.74) is 11.3. The molecule has 0 saturated heterocycles. The summed E-state index contributed by atoms with van der Waals surface area (Å²) in [6.45, 7) is 16.1. The van der Waals surface area contributed by atoms with Crippen LogP contribution in [0.5, 0.6) is 0 Å². The lowest BCUT2D eigenvalue weighted by molar-refractivity contribution is -0.738. The molecular weight excluding hydrogens is 386 g/mol. The Morgan fingerprint density at radius 3 is 2.28 bits per heavy atom. The van der Waals surface area contributed by atoms with E-state index in [0.717, 1.165) is 12.8 Å². The van der Waals surface area contributed by atoms with Crippen molar-refractivity contribution in [1.29, 1.82) is 0 Å². The van der Waals surface area contributed by atoms with E-state index in [-0.39, 0.29) is 11.0 Å². The zero-order valence-electron chi connectivity index (χ0n) is 20.3. The second kappa shape index (κ2) is 7.44. The highest BCUT2D eigenvalue weighted by Gasteiger charge is 2.84. The minimum atomic E-state index is 0.0364. The Hall–Kier alpha value is -2.67. The van der Waals surface area contributed by atoms with Crippen molar-refractivity contribution in [3.05, 3.63) is 89.6 Å². The molecule has 1 aromatic heterocycles. The molecule has 3 unspecified atom stereocenters. The predicted octanol–water partition coefficient (Wildman–Crippen LogP) is 7.41. The lowest BCUT2D eigenvalue weighted by Gasteiger charge is -2.30. The first-order valence-electron chi connectivity index (χ1n) is 12.4. The fourth-order valence-electron chi connectivity index (χ4n) is 7.34. The van der Waals surface area contributed by atoms with Gasteiger partial charge in [-0.25, -0.2) is 0 Å². The molecule has 32 heavy (non-hydrogen) atoms. The molecule has 0 spiro atoms. The van der Waals surface area contributed by atoms with Crippen LogP contribution in [-0.2, 0) is 23.8 Å². The van der Waals surface area contributed by atoms with E-state index in [9.17, 15) is 0 Å². The molecule has 1 fully saturated rings. The van der Waals surface area contributed by atoms with Gasteiger partial charge in [-0.15, -0.1) is 0 Å². The van der Waals surface area contributed by atoms with Crippen LogP contribution in [0, 0.1) is 5.92 Å². The first-order chi connectivity index (χ1) is 15.5. The summed E-state index contributed by atoms with van der Waals surface area (Å²) < 4.78 is 2.63. The molecule has 2 aromatic carbocycles. The largest absolute Gasteiger partial charge is 0.213 e. The van der Waals surface area contributed by atoms with Gasteiger partial charge in [-0.05, 0) is 60.1 Å². The molecule has 0 amide bonds.